The lowest BCUT2D eigenvalue weighted by Gasteiger charge is -2.12. The number of halogens is 2. The summed E-state index contributed by atoms with van der Waals surface area (Å²) in [7, 11) is 0. The van der Waals surface area contributed by atoms with E-state index in [9.17, 15) is 0 Å². The van der Waals surface area contributed by atoms with Crippen LogP contribution >= 0.6 is 39.9 Å². The largest absolute Gasteiger partial charge is 0.492 e. The second kappa shape index (κ2) is 12.9. The molecule has 2 aromatic rings. The highest BCUT2D eigenvalue weighted by atomic mass is 127. The molecule has 0 saturated carbocycles. The van der Waals surface area contributed by atoms with Crippen molar-refractivity contribution in [3.05, 3.63) is 58.8 Å². The van der Waals surface area contributed by atoms with Crippen LogP contribution in [0.15, 0.2) is 58.1 Å². The van der Waals surface area contributed by atoms with Gasteiger partial charge in [0, 0.05) is 35.9 Å². The Hall–Kier alpha value is -1.35. The Labute approximate surface area is 174 Å². The molecule has 0 bridgehead atoms. The van der Waals surface area contributed by atoms with Crippen molar-refractivity contribution in [2.24, 2.45) is 4.99 Å². The fourth-order valence-electron chi connectivity index (χ4n) is 2.07. The molecule has 5 nitrogen and oxygen atoms in total. The van der Waals surface area contributed by atoms with Crippen molar-refractivity contribution in [3.63, 3.8) is 0 Å². The molecular weight excluding hydrogens is 495 g/mol. The highest BCUT2D eigenvalue weighted by Crippen LogP contribution is 2.17. The highest BCUT2D eigenvalue weighted by molar-refractivity contribution is 14.0. The van der Waals surface area contributed by atoms with Crippen molar-refractivity contribution < 1.29 is 4.74 Å². The summed E-state index contributed by atoms with van der Waals surface area (Å²) in [5, 5.41) is 6.51. The highest BCUT2D eigenvalue weighted by Gasteiger charge is 1.99. The SMILES string of the molecule is CCNC(=NCCc1ccccn1)NCCOc1cccc(Br)c1.I. The van der Waals surface area contributed by atoms with E-state index in [4.69, 9.17) is 4.74 Å². The van der Waals surface area contributed by atoms with Crippen molar-refractivity contribution in [1.29, 1.82) is 0 Å². The molecule has 7 heteroatoms. The fourth-order valence-corrected chi connectivity index (χ4v) is 2.44. The van der Waals surface area contributed by atoms with E-state index in [0.29, 0.717) is 19.7 Å². The van der Waals surface area contributed by atoms with Gasteiger partial charge in [0.1, 0.15) is 12.4 Å². The van der Waals surface area contributed by atoms with Crippen molar-refractivity contribution in [2.45, 2.75) is 13.3 Å². The quantitative estimate of drug-likeness (QED) is 0.242. The van der Waals surface area contributed by atoms with E-state index in [1.807, 2.05) is 55.6 Å². The first kappa shape index (κ1) is 21.7. The molecule has 0 amide bonds. The number of ether oxygens (including phenoxy) is 1. The molecule has 2 N–H and O–H groups in total. The summed E-state index contributed by atoms with van der Waals surface area (Å²) >= 11 is 3.43. The van der Waals surface area contributed by atoms with Gasteiger partial charge in [0.25, 0.3) is 0 Å². The van der Waals surface area contributed by atoms with Gasteiger partial charge in [-0.05, 0) is 37.3 Å². The minimum Gasteiger partial charge on any atom is -0.492 e. The third-order valence-electron chi connectivity index (χ3n) is 3.17. The van der Waals surface area contributed by atoms with E-state index in [2.05, 4.69) is 36.5 Å². The number of nitrogens with zero attached hydrogens (tertiary/aromatic N) is 2. The second-order valence-corrected chi connectivity index (χ2v) is 5.98. The lowest BCUT2D eigenvalue weighted by atomic mass is 10.3. The van der Waals surface area contributed by atoms with Crippen LogP contribution in [0, 0.1) is 0 Å². The molecule has 136 valence electrons. The maximum atomic E-state index is 5.70. The number of benzene rings is 1. The number of nitrogens with one attached hydrogen (secondary N) is 2. The molecule has 1 aromatic carbocycles. The molecule has 0 fully saturated rings. The average molecular weight is 519 g/mol. The van der Waals surface area contributed by atoms with Gasteiger partial charge in [0.05, 0.1) is 6.54 Å². The summed E-state index contributed by atoms with van der Waals surface area (Å²) in [6.45, 7) is 4.82. The van der Waals surface area contributed by atoms with Crippen molar-refractivity contribution in [1.82, 2.24) is 15.6 Å². The minimum absolute atomic E-state index is 0. The molecule has 0 aliphatic heterocycles. The standard InChI is InChI=1S/C18H23BrN4O.HI/c1-2-20-18(22-11-9-16-7-3-4-10-21-16)23-12-13-24-17-8-5-6-15(19)14-17;/h3-8,10,14H,2,9,11-13H2,1H3,(H2,20,22,23);1H. The Kier molecular flexibility index (Phi) is 11.2. The third-order valence-corrected chi connectivity index (χ3v) is 3.66. The van der Waals surface area contributed by atoms with Crippen LogP contribution in [-0.2, 0) is 6.42 Å². The Morgan fingerprint density at radius 2 is 2.08 bits per heavy atom. The molecule has 1 heterocycles. The molecule has 0 atom stereocenters. The molecule has 2 rings (SSSR count). The third kappa shape index (κ3) is 9.06. The maximum absolute atomic E-state index is 5.70. The lowest BCUT2D eigenvalue weighted by Crippen LogP contribution is -2.39. The maximum Gasteiger partial charge on any atom is 0.191 e. The number of hydrogen-bond donors (Lipinski definition) is 2. The van der Waals surface area contributed by atoms with Crippen molar-refractivity contribution in [2.75, 3.05) is 26.2 Å². The van der Waals surface area contributed by atoms with Crippen LogP contribution in [0.25, 0.3) is 0 Å². The molecule has 0 spiro atoms. The Morgan fingerprint density at radius 3 is 2.80 bits per heavy atom. The van der Waals surface area contributed by atoms with E-state index in [0.717, 1.165) is 34.8 Å². The van der Waals surface area contributed by atoms with Gasteiger partial charge in [0.15, 0.2) is 5.96 Å². The molecule has 25 heavy (non-hydrogen) atoms. The first-order valence-electron chi connectivity index (χ1n) is 8.08. The van der Waals surface area contributed by atoms with Gasteiger partial charge < -0.3 is 15.4 Å². The molecular formula is C18H24BrIN4O. The number of guanidine groups is 1. The average Bonchev–Trinajstić information content (AvgIpc) is 2.60. The summed E-state index contributed by atoms with van der Waals surface area (Å²) in [5.41, 5.74) is 1.05. The van der Waals surface area contributed by atoms with Gasteiger partial charge in [-0.2, -0.15) is 0 Å². The van der Waals surface area contributed by atoms with E-state index in [1.165, 1.54) is 0 Å². The van der Waals surface area contributed by atoms with Gasteiger partial charge >= 0.3 is 0 Å². The Bertz CT molecular complexity index is 640. The zero-order chi connectivity index (χ0) is 17.0. The number of aromatic nitrogens is 1. The molecule has 0 aliphatic rings. The number of rotatable bonds is 8. The van der Waals surface area contributed by atoms with E-state index >= 15 is 0 Å². The van der Waals surface area contributed by atoms with Crippen LogP contribution < -0.4 is 15.4 Å². The monoisotopic (exact) mass is 518 g/mol. The van der Waals surface area contributed by atoms with Gasteiger partial charge in [-0.25, -0.2) is 0 Å². The summed E-state index contributed by atoms with van der Waals surface area (Å²) < 4.78 is 6.72. The summed E-state index contributed by atoms with van der Waals surface area (Å²) in [5.74, 6) is 1.65. The van der Waals surface area contributed by atoms with Crippen LogP contribution in [0.5, 0.6) is 5.75 Å². The molecule has 0 aliphatic carbocycles. The van der Waals surface area contributed by atoms with Gasteiger partial charge in [-0.1, -0.05) is 28.1 Å². The minimum atomic E-state index is 0. The normalized spacial score (nSPS) is 10.7. The lowest BCUT2D eigenvalue weighted by molar-refractivity contribution is 0.321. The first-order chi connectivity index (χ1) is 11.8. The van der Waals surface area contributed by atoms with E-state index in [1.54, 1.807) is 0 Å². The second-order valence-electron chi connectivity index (χ2n) is 5.06. The molecule has 1 aromatic heterocycles. The van der Waals surface area contributed by atoms with Crippen LogP contribution in [0.4, 0.5) is 0 Å². The van der Waals surface area contributed by atoms with E-state index in [-0.39, 0.29) is 24.0 Å². The van der Waals surface area contributed by atoms with Gasteiger partial charge in [-0.15, -0.1) is 24.0 Å². The molecule has 0 unspecified atom stereocenters. The van der Waals surface area contributed by atoms with Crippen LogP contribution in [0.3, 0.4) is 0 Å². The first-order valence-corrected chi connectivity index (χ1v) is 8.87. The predicted octanol–water partition coefficient (Wildman–Crippen LogP) is 3.64. The van der Waals surface area contributed by atoms with Crippen LogP contribution in [0.1, 0.15) is 12.6 Å². The zero-order valence-corrected chi connectivity index (χ0v) is 18.2. The number of aliphatic imine (C=N–C) groups is 1. The number of pyridine rings is 1. The number of hydrogen-bond acceptors (Lipinski definition) is 3. The topological polar surface area (TPSA) is 58.5 Å². The fraction of sp³-hybridized carbons (Fsp3) is 0.333. The van der Waals surface area contributed by atoms with E-state index < -0.39 is 0 Å². The van der Waals surface area contributed by atoms with Crippen molar-refractivity contribution >= 4 is 45.9 Å². The summed E-state index contributed by atoms with van der Waals surface area (Å²) in [4.78, 5) is 8.86. The Balaban J connectivity index is 0.00000312. The summed E-state index contributed by atoms with van der Waals surface area (Å²) in [6.07, 6.45) is 2.63. The van der Waals surface area contributed by atoms with Crippen molar-refractivity contribution in [3.8, 4) is 5.75 Å². The van der Waals surface area contributed by atoms with Gasteiger partial charge in [-0.3, -0.25) is 9.98 Å². The summed E-state index contributed by atoms with van der Waals surface area (Å²) in [6, 6.07) is 13.8. The zero-order valence-electron chi connectivity index (χ0n) is 14.2. The van der Waals surface area contributed by atoms with Crippen LogP contribution in [-0.4, -0.2) is 37.2 Å². The van der Waals surface area contributed by atoms with Crippen LogP contribution in [0.2, 0.25) is 0 Å². The molecule has 0 saturated heterocycles. The smallest absolute Gasteiger partial charge is 0.191 e. The van der Waals surface area contributed by atoms with Gasteiger partial charge in [0.2, 0.25) is 0 Å². The molecule has 0 radical (unpaired) electrons. The Morgan fingerprint density at radius 1 is 1.20 bits per heavy atom. The predicted molar refractivity (Wildman–Crippen MR) is 117 cm³/mol.